The molecule has 8 nitrogen and oxygen atoms in total. The van der Waals surface area contributed by atoms with Gasteiger partial charge in [0.25, 0.3) is 0 Å². The van der Waals surface area contributed by atoms with E-state index < -0.39 is 6.09 Å². The Hall–Kier alpha value is -2.30. The number of rotatable bonds is 9. The van der Waals surface area contributed by atoms with E-state index in [1.54, 1.807) is 12.1 Å². The summed E-state index contributed by atoms with van der Waals surface area (Å²) in [6.45, 7) is 4.27. The minimum Gasteiger partial charge on any atom is -0.508 e. The minimum absolute atomic E-state index is 0.143. The highest BCUT2D eigenvalue weighted by Crippen LogP contribution is 2.33. The number of ether oxygens (including phenoxy) is 3. The molecule has 202 valence electrons. The fraction of sp³-hybridized carbons (Fsp3) is 0.536. The molecule has 2 saturated heterocycles. The third kappa shape index (κ3) is 9.19. The molecule has 3 fully saturated rings. The Balaban J connectivity index is 0.000000396. The molecule has 2 heterocycles. The van der Waals surface area contributed by atoms with Crippen molar-refractivity contribution in [1.29, 1.82) is 0 Å². The molecule has 2 aliphatic heterocycles. The third-order valence-corrected chi connectivity index (χ3v) is 7.50. The van der Waals surface area contributed by atoms with Crippen molar-refractivity contribution in [2.24, 2.45) is 5.92 Å². The summed E-state index contributed by atoms with van der Waals surface area (Å²) in [7, 11) is 0. The van der Waals surface area contributed by atoms with Gasteiger partial charge in [-0.2, -0.15) is 0 Å². The largest absolute Gasteiger partial charge is 0.508 e. The number of hydroxylamine groups is 1. The van der Waals surface area contributed by atoms with E-state index in [1.807, 2.05) is 34.8 Å². The van der Waals surface area contributed by atoms with Crippen LogP contribution in [-0.4, -0.2) is 60.5 Å². The van der Waals surface area contributed by atoms with Crippen LogP contribution in [0.15, 0.2) is 59.5 Å². The summed E-state index contributed by atoms with van der Waals surface area (Å²) in [4.78, 5) is 19.2. The highest BCUT2D eigenvalue weighted by Gasteiger charge is 2.43. The minimum atomic E-state index is -0.417. The van der Waals surface area contributed by atoms with E-state index in [2.05, 4.69) is 24.4 Å². The first-order chi connectivity index (χ1) is 18.1. The van der Waals surface area contributed by atoms with Gasteiger partial charge in [-0.15, -0.1) is 4.47 Å². The molecule has 0 bridgehead atoms. The zero-order valence-electron chi connectivity index (χ0n) is 21.4. The van der Waals surface area contributed by atoms with E-state index >= 15 is 0 Å². The molecule has 9 heteroatoms. The van der Waals surface area contributed by atoms with E-state index in [0.717, 1.165) is 24.2 Å². The average molecular weight is 531 g/mol. The number of phenols is 1. The van der Waals surface area contributed by atoms with Crippen LogP contribution in [0.2, 0.25) is 0 Å². The van der Waals surface area contributed by atoms with Crippen molar-refractivity contribution < 1.29 is 28.9 Å². The summed E-state index contributed by atoms with van der Waals surface area (Å²) in [5, 5.41) is 12.5. The van der Waals surface area contributed by atoms with Gasteiger partial charge >= 0.3 is 6.09 Å². The number of phenolic OH excluding ortho intramolecular Hbond substituents is 1. The summed E-state index contributed by atoms with van der Waals surface area (Å²) in [6, 6.07) is 17.4. The Labute approximate surface area is 223 Å². The van der Waals surface area contributed by atoms with Gasteiger partial charge in [-0.1, -0.05) is 54.8 Å². The lowest BCUT2D eigenvalue weighted by Crippen LogP contribution is -2.34. The molecule has 0 aromatic heterocycles. The first kappa shape index (κ1) is 27.7. The molecular weight excluding hydrogens is 492 g/mol. The molecule has 2 unspecified atom stereocenters. The first-order valence-electron chi connectivity index (χ1n) is 13.2. The molecule has 2 aromatic carbocycles. The third-order valence-electron chi connectivity index (χ3n) is 6.56. The van der Waals surface area contributed by atoms with Gasteiger partial charge in [-0.25, -0.2) is 4.79 Å². The quantitative estimate of drug-likeness (QED) is 0.251. The average Bonchev–Trinajstić information content (AvgIpc) is 3.64. The molecule has 37 heavy (non-hydrogen) atoms. The van der Waals surface area contributed by atoms with E-state index in [0.29, 0.717) is 32.7 Å². The van der Waals surface area contributed by atoms with Crippen molar-refractivity contribution in [3.63, 3.8) is 0 Å². The number of aryl methyl sites for hydroxylation is 1. The highest BCUT2D eigenvalue weighted by atomic mass is 32.2. The van der Waals surface area contributed by atoms with Gasteiger partial charge < -0.3 is 24.6 Å². The Morgan fingerprint density at radius 2 is 1.92 bits per heavy atom. The lowest BCUT2D eigenvalue weighted by Gasteiger charge is -2.24. The molecule has 1 aliphatic carbocycles. The van der Waals surface area contributed by atoms with Gasteiger partial charge in [0, 0.05) is 18.0 Å². The van der Waals surface area contributed by atoms with Crippen LogP contribution in [0.5, 0.6) is 5.75 Å². The fourth-order valence-corrected chi connectivity index (χ4v) is 5.53. The molecule has 1 saturated carbocycles. The van der Waals surface area contributed by atoms with Gasteiger partial charge in [0.05, 0.1) is 25.2 Å². The van der Waals surface area contributed by atoms with Crippen molar-refractivity contribution in [3.8, 4) is 5.75 Å². The van der Waals surface area contributed by atoms with Crippen molar-refractivity contribution in [3.05, 3.63) is 60.2 Å². The van der Waals surface area contributed by atoms with Crippen molar-refractivity contribution in [2.75, 3.05) is 26.3 Å². The van der Waals surface area contributed by atoms with Crippen LogP contribution >= 0.6 is 11.9 Å². The van der Waals surface area contributed by atoms with Crippen LogP contribution in [0.4, 0.5) is 4.79 Å². The van der Waals surface area contributed by atoms with Crippen LogP contribution in [0, 0.1) is 12.8 Å². The first-order valence-corrected chi connectivity index (χ1v) is 13.9. The SMILES string of the molecule is Cc1ccccc1.O=C(NCCCN(OC1CCCC1)Sc1cccc(O)c1)O[C@H]1COC2OCCC21. The molecule has 1 amide bonds. The number of carbonyl (C=O) groups excluding carboxylic acids is 1. The van der Waals surface area contributed by atoms with Crippen molar-refractivity contribution in [2.45, 2.75) is 68.8 Å². The number of nitrogens with one attached hydrogen (secondary N) is 1. The summed E-state index contributed by atoms with van der Waals surface area (Å²) < 4.78 is 18.3. The zero-order chi connectivity index (χ0) is 25.9. The Bertz CT molecular complexity index is 959. The second-order valence-corrected chi connectivity index (χ2v) is 10.6. The van der Waals surface area contributed by atoms with Gasteiger partial charge in [-0.3, -0.25) is 4.84 Å². The monoisotopic (exact) mass is 530 g/mol. The Kier molecular flexibility index (Phi) is 10.9. The summed E-state index contributed by atoms with van der Waals surface area (Å²) >= 11 is 1.46. The summed E-state index contributed by atoms with van der Waals surface area (Å²) in [5.74, 6) is 0.376. The number of nitrogens with zero attached hydrogens (tertiary/aromatic N) is 1. The number of alkyl carbamates (subject to hydrolysis) is 1. The summed E-state index contributed by atoms with van der Waals surface area (Å²) in [6.07, 6.45) is 5.46. The highest BCUT2D eigenvalue weighted by molar-refractivity contribution is 7.96. The molecule has 3 atom stereocenters. The number of fused-ring (bicyclic) bond motifs is 1. The molecular formula is C28H38N2O6S. The molecule has 0 spiro atoms. The van der Waals surface area contributed by atoms with Crippen LogP contribution in [-0.2, 0) is 19.0 Å². The van der Waals surface area contributed by atoms with Gasteiger partial charge in [-0.05, 0) is 62.8 Å². The maximum absolute atomic E-state index is 12.1. The molecule has 2 N–H and O–H groups in total. The second kappa shape index (κ2) is 14.6. The standard InChI is InChI=1S/C21H30N2O6S.C7H8/c24-15-5-3-8-17(13-15)30-23(29-16-6-1-2-7-16)11-4-10-22-21(25)28-19-14-27-20-18(19)9-12-26-20;1-7-5-3-2-4-6-7/h3,5,8,13,16,18-20,24H,1-2,4,6-7,9-12,14H2,(H,22,25);2-6H,1H3/t18?,19-,20?;/m0./s1. The van der Waals surface area contributed by atoms with E-state index in [9.17, 15) is 9.90 Å². The molecule has 0 radical (unpaired) electrons. The Morgan fingerprint density at radius 1 is 1.11 bits per heavy atom. The van der Waals surface area contributed by atoms with Crippen LogP contribution in [0.3, 0.4) is 0 Å². The molecule has 3 aliphatic rings. The normalized spacial score (nSPS) is 22.9. The summed E-state index contributed by atoms with van der Waals surface area (Å²) in [5.41, 5.74) is 1.32. The van der Waals surface area contributed by atoms with Gasteiger partial charge in [0.15, 0.2) is 6.29 Å². The number of amides is 1. The number of benzene rings is 2. The number of hydrogen-bond donors (Lipinski definition) is 2. The maximum Gasteiger partial charge on any atom is 0.407 e. The van der Waals surface area contributed by atoms with Gasteiger partial charge in [0.2, 0.25) is 0 Å². The van der Waals surface area contributed by atoms with Crippen LogP contribution in [0.25, 0.3) is 0 Å². The molecule has 5 rings (SSSR count). The lowest BCUT2D eigenvalue weighted by atomic mass is 10.0. The zero-order valence-corrected chi connectivity index (χ0v) is 22.2. The maximum atomic E-state index is 12.1. The lowest BCUT2D eigenvalue weighted by molar-refractivity contribution is -0.122. The fourth-order valence-electron chi connectivity index (χ4n) is 4.60. The van der Waals surface area contributed by atoms with E-state index in [1.165, 1.54) is 30.4 Å². The predicted molar refractivity (Wildman–Crippen MR) is 142 cm³/mol. The van der Waals surface area contributed by atoms with Crippen LogP contribution < -0.4 is 5.32 Å². The topological polar surface area (TPSA) is 89.5 Å². The predicted octanol–water partition coefficient (Wildman–Crippen LogP) is 5.45. The second-order valence-electron chi connectivity index (χ2n) is 9.56. The molecule has 2 aromatic rings. The van der Waals surface area contributed by atoms with E-state index in [-0.39, 0.29) is 30.2 Å². The van der Waals surface area contributed by atoms with Gasteiger partial charge in [0.1, 0.15) is 11.9 Å². The number of carbonyl (C=O) groups is 1. The van der Waals surface area contributed by atoms with Crippen molar-refractivity contribution in [1.82, 2.24) is 9.79 Å². The smallest absolute Gasteiger partial charge is 0.407 e. The van der Waals surface area contributed by atoms with Crippen molar-refractivity contribution >= 4 is 18.0 Å². The number of hydrogen-bond acceptors (Lipinski definition) is 8. The number of aromatic hydroxyl groups is 1. The Morgan fingerprint density at radius 3 is 2.65 bits per heavy atom. The van der Waals surface area contributed by atoms with E-state index in [4.69, 9.17) is 19.0 Å². The van der Waals surface area contributed by atoms with Crippen LogP contribution in [0.1, 0.15) is 44.1 Å².